The van der Waals surface area contributed by atoms with E-state index in [0.29, 0.717) is 5.56 Å². The molecule has 0 aromatic heterocycles. The summed E-state index contributed by atoms with van der Waals surface area (Å²) >= 11 is 0. The summed E-state index contributed by atoms with van der Waals surface area (Å²) in [7, 11) is -3.87. The Balaban J connectivity index is 2.00. The monoisotopic (exact) mass is 312 g/mol. The molecule has 110 valence electrons. The normalized spacial score (nSPS) is 11.3. The zero-order valence-electron chi connectivity index (χ0n) is 11.5. The summed E-state index contributed by atoms with van der Waals surface area (Å²) in [5.74, 6) is 0.208. The van der Waals surface area contributed by atoms with Gasteiger partial charge in [0, 0.05) is 5.56 Å². The number of benzene rings is 3. The Hall–Kier alpha value is -2.66. The summed E-state index contributed by atoms with van der Waals surface area (Å²) in [6.07, 6.45) is 0.767. The second-order valence-electron chi connectivity index (χ2n) is 4.70. The first-order valence-electron chi connectivity index (χ1n) is 6.58. The lowest BCUT2D eigenvalue weighted by molar-refractivity contribution is 0.112. The summed E-state index contributed by atoms with van der Waals surface area (Å²) in [5.41, 5.74) is 0.551. The van der Waals surface area contributed by atoms with Gasteiger partial charge in [-0.2, -0.15) is 8.42 Å². The van der Waals surface area contributed by atoms with Crippen molar-refractivity contribution in [2.45, 2.75) is 4.90 Å². The summed E-state index contributed by atoms with van der Waals surface area (Å²) < 4.78 is 29.5. The average Bonchev–Trinajstić information content (AvgIpc) is 2.54. The Kier molecular flexibility index (Phi) is 3.65. The maximum absolute atomic E-state index is 12.2. The first-order chi connectivity index (χ1) is 10.6. The van der Waals surface area contributed by atoms with Crippen molar-refractivity contribution in [3.05, 3.63) is 72.3 Å². The molecular formula is C17H12O4S. The minimum atomic E-state index is -3.87. The van der Waals surface area contributed by atoms with Gasteiger partial charge >= 0.3 is 10.1 Å². The fraction of sp³-hybridized carbons (Fsp3) is 0. The van der Waals surface area contributed by atoms with Crippen molar-refractivity contribution in [1.82, 2.24) is 0 Å². The van der Waals surface area contributed by atoms with Crippen molar-refractivity contribution in [1.29, 1.82) is 0 Å². The van der Waals surface area contributed by atoms with E-state index in [1.54, 1.807) is 48.5 Å². The van der Waals surface area contributed by atoms with Crippen LogP contribution in [0.4, 0.5) is 0 Å². The minimum absolute atomic E-state index is 0.0942. The molecular weight excluding hydrogens is 300 g/mol. The SMILES string of the molecule is O=Cc1cccc2cc(OS(=O)(=O)c3ccccc3)ccc12. The molecule has 22 heavy (non-hydrogen) atoms. The zero-order valence-corrected chi connectivity index (χ0v) is 12.3. The molecule has 3 aromatic rings. The van der Waals surface area contributed by atoms with Crippen molar-refractivity contribution in [2.75, 3.05) is 0 Å². The molecule has 0 unspecified atom stereocenters. The number of carbonyl (C=O) groups is 1. The van der Waals surface area contributed by atoms with Gasteiger partial charge in [0.1, 0.15) is 10.6 Å². The fourth-order valence-electron chi connectivity index (χ4n) is 2.20. The Bertz CT molecular complexity index is 931. The van der Waals surface area contributed by atoms with Crippen LogP contribution in [-0.4, -0.2) is 14.7 Å². The molecule has 0 heterocycles. The average molecular weight is 312 g/mol. The third-order valence-corrected chi connectivity index (χ3v) is 4.51. The second kappa shape index (κ2) is 5.61. The number of hydrogen-bond acceptors (Lipinski definition) is 4. The maximum Gasteiger partial charge on any atom is 0.339 e. The third-order valence-electron chi connectivity index (χ3n) is 3.25. The molecule has 0 atom stereocenters. The van der Waals surface area contributed by atoms with Gasteiger partial charge in [0.2, 0.25) is 0 Å². The highest BCUT2D eigenvalue weighted by molar-refractivity contribution is 7.87. The molecule has 0 saturated carbocycles. The molecule has 3 aromatic carbocycles. The van der Waals surface area contributed by atoms with Crippen LogP contribution in [-0.2, 0) is 10.1 Å². The molecule has 0 radical (unpaired) electrons. The number of carbonyl (C=O) groups excluding carboxylic acids is 1. The molecule has 0 fully saturated rings. The van der Waals surface area contributed by atoms with Crippen molar-refractivity contribution in [3.8, 4) is 5.75 Å². The van der Waals surface area contributed by atoms with Gasteiger partial charge in [-0.05, 0) is 41.1 Å². The van der Waals surface area contributed by atoms with Crippen LogP contribution in [0.15, 0.2) is 71.6 Å². The smallest absolute Gasteiger partial charge is 0.339 e. The van der Waals surface area contributed by atoms with Crippen LogP contribution in [0.25, 0.3) is 10.8 Å². The highest BCUT2D eigenvalue weighted by Gasteiger charge is 2.16. The summed E-state index contributed by atoms with van der Waals surface area (Å²) in [5, 5.41) is 1.49. The van der Waals surface area contributed by atoms with Crippen LogP contribution < -0.4 is 4.18 Å². The van der Waals surface area contributed by atoms with Crippen LogP contribution in [0.2, 0.25) is 0 Å². The van der Waals surface area contributed by atoms with E-state index in [2.05, 4.69) is 0 Å². The Morgan fingerprint density at radius 2 is 1.64 bits per heavy atom. The van der Waals surface area contributed by atoms with Gasteiger partial charge in [0.25, 0.3) is 0 Å². The van der Waals surface area contributed by atoms with E-state index in [0.717, 1.165) is 17.1 Å². The Morgan fingerprint density at radius 3 is 2.36 bits per heavy atom. The van der Waals surface area contributed by atoms with Gasteiger partial charge in [-0.15, -0.1) is 0 Å². The number of aldehydes is 1. The van der Waals surface area contributed by atoms with Gasteiger partial charge in [-0.1, -0.05) is 36.4 Å². The summed E-state index contributed by atoms with van der Waals surface area (Å²) in [4.78, 5) is 11.1. The lowest BCUT2D eigenvalue weighted by Crippen LogP contribution is -2.09. The predicted molar refractivity (Wildman–Crippen MR) is 83.6 cm³/mol. The summed E-state index contributed by atoms with van der Waals surface area (Å²) in [6, 6.07) is 18.0. The van der Waals surface area contributed by atoms with Gasteiger partial charge in [-0.3, -0.25) is 4.79 Å². The molecule has 0 bridgehead atoms. The van der Waals surface area contributed by atoms with E-state index in [4.69, 9.17) is 4.18 Å². The molecule has 0 N–H and O–H groups in total. The lowest BCUT2D eigenvalue weighted by Gasteiger charge is -2.08. The molecule has 0 spiro atoms. The highest BCUT2D eigenvalue weighted by atomic mass is 32.2. The Morgan fingerprint density at radius 1 is 0.864 bits per heavy atom. The van der Waals surface area contributed by atoms with Crippen molar-refractivity contribution >= 4 is 27.2 Å². The molecule has 0 aliphatic rings. The van der Waals surface area contributed by atoms with Gasteiger partial charge in [0.15, 0.2) is 6.29 Å². The zero-order chi connectivity index (χ0) is 15.6. The third kappa shape index (κ3) is 2.71. The fourth-order valence-corrected chi connectivity index (χ4v) is 3.15. The van der Waals surface area contributed by atoms with Crippen molar-refractivity contribution in [3.63, 3.8) is 0 Å². The van der Waals surface area contributed by atoms with Crippen LogP contribution in [0.5, 0.6) is 5.75 Å². The topological polar surface area (TPSA) is 60.4 Å². The minimum Gasteiger partial charge on any atom is -0.379 e. The largest absolute Gasteiger partial charge is 0.379 e. The molecule has 0 aliphatic heterocycles. The molecule has 5 heteroatoms. The molecule has 4 nitrogen and oxygen atoms in total. The number of rotatable bonds is 4. The van der Waals surface area contributed by atoms with E-state index >= 15 is 0 Å². The predicted octanol–water partition coefficient (Wildman–Crippen LogP) is 3.42. The standard InChI is InChI=1S/C17H12O4S/c18-12-14-6-4-5-13-11-15(9-10-17(13)14)21-22(19,20)16-7-2-1-3-8-16/h1-12H. The van der Waals surface area contributed by atoms with Crippen molar-refractivity contribution < 1.29 is 17.4 Å². The van der Waals surface area contributed by atoms with E-state index < -0.39 is 10.1 Å². The van der Waals surface area contributed by atoms with Crippen LogP contribution in [0.3, 0.4) is 0 Å². The number of hydrogen-bond donors (Lipinski definition) is 0. The van der Waals surface area contributed by atoms with E-state index in [1.807, 2.05) is 0 Å². The number of fused-ring (bicyclic) bond motifs is 1. The molecule has 0 amide bonds. The van der Waals surface area contributed by atoms with Crippen LogP contribution in [0, 0.1) is 0 Å². The molecule has 0 aliphatic carbocycles. The first-order valence-corrected chi connectivity index (χ1v) is 7.98. The van der Waals surface area contributed by atoms with Crippen molar-refractivity contribution in [2.24, 2.45) is 0 Å². The van der Waals surface area contributed by atoms with Crippen LogP contribution >= 0.6 is 0 Å². The first kappa shape index (κ1) is 14.3. The Labute approximate surface area is 128 Å². The second-order valence-corrected chi connectivity index (χ2v) is 6.24. The molecule has 3 rings (SSSR count). The quantitative estimate of drug-likeness (QED) is 0.547. The van der Waals surface area contributed by atoms with E-state index in [-0.39, 0.29) is 10.6 Å². The highest BCUT2D eigenvalue weighted by Crippen LogP contribution is 2.25. The summed E-state index contributed by atoms with van der Waals surface area (Å²) in [6.45, 7) is 0. The van der Waals surface area contributed by atoms with Gasteiger partial charge in [0.05, 0.1) is 0 Å². The van der Waals surface area contributed by atoms with E-state index in [9.17, 15) is 13.2 Å². The lowest BCUT2D eigenvalue weighted by atomic mass is 10.1. The van der Waals surface area contributed by atoms with Gasteiger partial charge in [-0.25, -0.2) is 0 Å². The van der Waals surface area contributed by atoms with Crippen LogP contribution in [0.1, 0.15) is 10.4 Å². The van der Waals surface area contributed by atoms with Gasteiger partial charge < -0.3 is 4.18 Å². The molecule has 0 saturated heterocycles. The van der Waals surface area contributed by atoms with E-state index in [1.165, 1.54) is 18.2 Å². The maximum atomic E-state index is 12.2.